The summed E-state index contributed by atoms with van der Waals surface area (Å²) in [5, 5.41) is 1.02. The van der Waals surface area contributed by atoms with Crippen molar-refractivity contribution in [3.63, 3.8) is 0 Å². The van der Waals surface area contributed by atoms with E-state index in [2.05, 4.69) is 67.0 Å². The monoisotopic (exact) mass is 502 g/mol. The van der Waals surface area contributed by atoms with Gasteiger partial charge < -0.3 is 4.57 Å². The number of fused-ring (bicyclic) bond motifs is 1. The van der Waals surface area contributed by atoms with Crippen LogP contribution in [0, 0.1) is 5.41 Å². The Hall–Kier alpha value is -2.20. The molecule has 0 amide bonds. The van der Waals surface area contributed by atoms with Crippen LogP contribution in [0.4, 0.5) is 22.0 Å². The van der Waals surface area contributed by atoms with Gasteiger partial charge in [-0.25, -0.2) is 13.8 Å². The van der Waals surface area contributed by atoms with Gasteiger partial charge in [0.1, 0.15) is 5.69 Å². The molecule has 10 heteroatoms. The van der Waals surface area contributed by atoms with E-state index in [0.29, 0.717) is 12.1 Å². The Bertz CT molecular complexity index is 1080. The lowest BCUT2D eigenvalue weighted by atomic mass is 9.97. The molecule has 0 fully saturated rings. The van der Waals surface area contributed by atoms with E-state index in [4.69, 9.17) is 0 Å². The first-order valence-electron chi connectivity index (χ1n) is 10.7. The average Bonchev–Trinajstić information content (AvgIpc) is 3.02. The standard InChI is InChI=1S/C23H29F3N4S.CH2F2/c1-21(2,3)14-30-13-16(12-29-31-22(4,5)6)17-8-7-15(11-18(17)30)19-20(23(24,25)26)28-10-9-27-19;2-1-3/h7-11,13,29H,12,14H2,1-6H3;1H2. The third-order valence-electron chi connectivity index (χ3n) is 4.49. The van der Waals surface area contributed by atoms with Crippen molar-refractivity contribution in [1.29, 1.82) is 0 Å². The van der Waals surface area contributed by atoms with Crippen molar-refractivity contribution in [3.8, 4) is 11.3 Å². The maximum Gasteiger partial charge on any atom is 0.435 e. The second kappa shape index (κ2) is 11.0. The Balaban J connectivity index is 0.00000129. The van der Waals surface area contributed by atoms with Crippen molar-refractivity contribution in [1.82, 2.24) is 19.3 Å². The van der Waals surface area contributed by atoms with Gasteiger partial charge in [0.05, 0.1) is 0 Å². The zero-order valence-electron chi connectivity index (χ0n) is 20.2. The predicted octanol–water partition coefficient (Wildman–Crippen LogP) is 7.58. The van der Waals surface area contributed by atoms with Crippen LogP contribution in [-0.2, 0) is 19.3 Å². The Labute approximate surface area is 201 Å². The molecule has 2 heterocycles. The molecule has 34 heavy (non-hydrogen) atoms. The first-order chi connectivity index (χ1) is 15.7. The van der Waals surface area contributed by atoms with Gasteiger partial charge in [-0.15, -0.1) is 0 Å². The smallest absolute Gasteiger partial charge is 0.347 e. The van der Waals surface area contributed by atoms with Crippen LogP contribution >= 0.6 is 11.9 Å². The summed E-state index contributed by atoms with van der Waals surface area (Å²) < 4.78 is 65.3. The summed E-state index contributed by atoms with van der Waals surface area (Å²) in [5.41, 5.74) is 1.30. The van der Waals surface area contributed by atoms with Gasteiger partial charge in [-0.05, 0) is 37.8 Å². The second-order valence-electron chi connectivity index (χ2n) is 9.96. The maximum atomic E-state index is 13.5. The minimum atomic E-state index is -4.56. The molecule has 3 rings (SSSR count). The Morgan fingerprint density at radius 3 is 2.15 bits per heavy atom. The molecule has 188 valence electrons. The maximum absolute atomic E-state index is 13.5. The largest absolute Gasteiger partial charge is 0.435 e. The summed E-state index contributed by atoms with van der Waals surface area (Å²) in [6, 6.07) is 5.38. The number of nitrogens with zero attached hydrogens (tertiary/aromatic N) is 3. The zero-order chi connectivity index (χ0) is 25.7. The summed E-state index contributed by atoms with van der Waals surface area (Å²) in [4.78, 5) is 7.55. The van der Waals surface area contributed by atoms with Crippen molar-refractivity contribution in [2.75, 3.05) is 6.93 Å². The van der Waals surface area contributed by atoms with Gasteiger partial charge in [0.2, 0.25) is 6.93 Å². The number of alkyl halides is 5. The van der Waals surface area contributed by atoms with Gasteiger partial charge >= 0.3 is 6.18 Å². The fraction of sp³-hybridized carbons (Fsp3) is 0.500. The van der Waals surface area contributed by atoms with Crippen molar-refractivity contribution in [3.05, 3.63) is 48.0 Å². The highest BCUT2D eigenvalue weighted by atomic mass is 32.2. The molecular formula is C24H31F5N4S. The summed E-state index contributed by atoms with van der Waals surface area (Å²) in [6.45, 7) is 12.5. The van der Waals surface area contributed by atoms with Crippen LogP contribution in [-0.4, -0.2) is 26.2 Å². The number of rotatable bonds is 5. The van der Waals surface area contributed by atoms with Gasteiger partial charge in [0.25, 0.3) is 0 Å². The second-order valence-corrected chi connectivity index (χ2v) is 11.7. The fourth-order valence-corrected chi connectivity index (χ4v) is 4.05. The SMILES string of the molecule is CC(C)(C)Cn1cc(CNSC(C)(C)C)c2ccc(-c3nccnc3C(F)(F)F)cc21.FCF. The van der Waals surface area contributed by atoms with E-state index in [1.54, 1.807) is 24.1 Å². The van der Waals surface area contributed by atoms with Gasteiger partial charge in [-0.2, -0.15) is 13.2 Å². The Kier molecular flexibility index (Phi) is 9.10. The quantitative estimate of drug-likeness (QED) is 0.288. The van der Waals surface area contributed by atoms with Crippen LogP contribution in [0.1, 0.15) is 52.8 Å². The average molecular weight is 503 g/mol. The molecule has 0 saturated carbocycles. The number of benzene rings is 1. The minimum absolute atomic E-state index is 0.0104. The summed E-state index contributed by atoms with van der Waals surface area (Å²) >= 11 is 1.66. The first-order valence-corrected chi connectivity index (χ1v) is 11.5. The van der Waals surface area contributed by atoms with Gasteiger partial charge in [-0.1, -0.05) is 44.9 Å². The molecule has 0 spiro atoms. The van der Waals surface area contributed by atoms with Crippen LogP contribution in [0.2, 0.25) is 0 Å². The molecule has 4 nitrogen and oxygen atoms in total. The third-order valence-corrected chi connectivity index (χ3v) is 5.39. The van der Waals surface area contributed by atoms with Gasteiger partial charge in [0, 0.05) is 52.9 Å². The summed E-state index contributed by atoms with van der Waals surface area (Å²) in [7, 11) is 0. The fourth-order valence-electron chi connectivity index (χ4n) is 3.39. The summed E-state index contributed by atoms with van der Waals surface area (Å²) in [6.07, 6.45) is -0.103. The topological polar surface area (TPSA) is 42.7 Å². The molecule has 0 atom stereocenters. The van der Waals surface area contributed by atoms with E-state index >= 15 is 0 Å². The summed E-state index contributed by atoms with van der Waals surface area (Å²) in [5.74, 6) is 0. The van der Waals surface area contributed by atoms with Crippen LogP contribution < -0.4 is 4.72 Å². The van der Waals surface area contributed by atoms with E-state index in [0.717, 1.165) is 29.2 Å². The molecule has 1 aromatic carbocycles. The van der Waals surface area contributed by atoms with E-state index in [9.17, 15) is 22.0 Å². The van der Waals surface area contributed by atoms with Crippen LogP contribution in [0.5, 0.6) is 0 Å². The Morgan fingerprint density at radius 1 is 0.971 bits per heavy atom. The normalized spacial score (nSPS) is 12.6. The molecule has 2 aromatic heterocycles. The molecule has 0 bridgehead atoms. The Morgan fingerprint density at radius 2 is 1.59 bits per heavy atom. The number of nitrogens with one attached hydrogen (secondary N) is 1. The highest BCUT2D eigenvalue weighted by Crippen LogP contribution is 2.36. The van der Waals surface area contributed by atoms with Crippen molar-refractivity contribution < 1.29 is 22.0 Å². The molecule has 0 aliphatic carbocycles. The molecule has 0 saturated heterocycles. The third kappa shape index (κ3) is 7.94. The molecular weight excluding hydrogens is 471 g/mol. The predicted molar refractivity (Wildman–Crippen MR) is 129 cm³/mol. The van der Waals surface area contributed by atoms with Crippen molar-refractivity contribution in [2.24, 2.45) is 5.41 Å². The molecule has 0 unspecified atom stereocenters. The lowest BCUT2D eigenvalue weighted by Gasteiger charge is -2.20. The van der Waals surface area contributed by atoms with E-state index in [-0.39, 0.29) is 15.9 Å². The number of hydrogen-bond donors (Lipinski definition) is 1. The minimum Gasteiger partial charge on any atom is -0.347 e. The molecule has 0 aliphatic rings. The lowest BCUT2D eigenvalue weighted by molar-refractivity contribution is -0.140. The van der Waals surface area contributed by atoms with E-state index < -0.39 is 18.8 Å². The van der Waals surface area contributed by atoms with Crippen LogP contribution in [0.25, 0.3) is 22.2 Å². The van der Waals surface area contributed by atoms with Gasteiger partial charge in [-0.3, -0.25) is 9.71 Å². The number of hydrogen-bond acceptors (Lipinski definition) is 4. The highest BCUT2D eigenvalue weighted by Gasteiger charge is 2.36. The van der Waals surface area contributed by atoms with Crippen LogP contribution in [0.3, 0.4) is 0 Å². The van der Waals surface area contributed by atoms with E-state index in [1.165, 1.54) is 6.20 Å². The van der Waals surface area contributed by atoms with Crippen molar-refractivity contribution in [2.45, 2.75) is 65.6 Å². The molecule has 0 radical (unpaired) electrons. The zero-order valence-corrected chi connectivity index (χ0v) is 21.0. The number of aromatic nitrogens is 3. The first kappa shape index (κ1) is 28.0. The lowest BCUT2D eigenvalue weighted by Crippen LogP contribution is -2.16. The highest BCUT2D eigenvalue weighted by molar-refractivity contribution is 7.98. The van der Waals surface area contributed by atoms with Gasteiger partial charge in [0.15, 0.2) is 5.69 Å². The van der Waals surface area contributed by atoms with E-state index in [1.807, 2.05) is 6.07 Å². The number of halogens is 5. The molecule has 1 N–H and O–H groups in total. The molecule has 0 aliphatic heterocycles. The molecule has 3 aromatic rings. The van der Waals surface area contributed by atoms with Crippen LogP contribution in [0.15, 0.2) is 36.8 Å². The van der Waals surface area contributed by atoms with Crippen molar-refractivity contribution >= 4 is 22.9 Å².